The average molecular weight is 326 g/mol. The Labute approximate surface area is 135 Å². The van der Waals surface area contributed by atoms with Crippen molar-refractivity contribution in [3.8, 4) is 0 Å². The zero-order valence-corrected chi connectivity index (χ0v) is 14.3. The van der Waals surface area contributed by atoms with Crippen LogP contribution in [0.2, 0.25) is 0 Å². The van der Waals surface area contributed by atoms with Crippen molar-refractivity contribution in [2.45, 2.75) is 77.4 Å². The van der Waals surface area contributed by atoms with Gasteiger partial charge in [-0.25, -0.2) is 0 Å². The highest BCUT2D eigenvalue weighted by Crippen LogP contribution is 1.98. The van der Waals surface area contributed by atoms with Crippen molar-refractivity contribution in [3.63, 3.8) is 0 Å². The molecule has 0 aromatic carbocycles. The van der Waals surface area contributed by atoms with Crippen molar-refractivity contribution in [2.75, 3.05) is 26.4 Å². The molecular formula is C16H38O6. The molecule has 0 aliphatic carbocycles. The Morgan fingerprint density at radius 3 is 1.41 bits per heavy atom. The summed E-state index contributed by atoms with van der Waals surface area (Å²) in [4.78, 5) is 0. The molecule has 22 heavy (non-hydrogen) atoms. The van der Waals surface area contributed by atoms with Crippen molar-refractivity contribution in [1.82, 2.24) is 0 Å². The van der Waals surface area contributed by atoms with Crippen LogP contribution in [0.5, 0.6) is 0 Å². The van der Waals surface area contributed by atoms with E-state index < -0.39 is 6.10 Å². The lowest BCUT2D eigenvalue weighted by atomic mass is 10.2. The summed E-state index contributed by atoms with van der Waals surface area (Å²) >= 11 is 0. The van der Waals surface area contributed by atoms with Gasteiger partial charge in [-0.1, -0.05) is 32.6 Å². The fourth-order valence-electron chi connectivity index (χ4n) is 1.30. The Morgan fingerprint density at radius 2 is 1.18 bits per heavy atom. The van der Waals surface area contributed by atoms with Crippen LogP contribution in [0.25, 0.3) is 0 Å². The fourth-order valence-corrected chi connectivity index (χ4v) is 1.30. The Balaban J connectivity index is -0.000000249. The molecule has 6 N–H and O–H groups in total. The Hall–Kier alpha value is -0.240. The van der Waals surface area contributed by atoms with E-state index in [1.807, 2.05) is 0 Å². The molecular weight excluding hydrogens is 288 g/mol. The summed E-state index contributed by atoms with van der Waals surface area (Å²) in [7, 11) is 0. The second-order valence-corrected chi connectivity index (χ2v) is 5.20. The molecule has 0 bridgehead atoms. The minimum atomic E-state index is -0.491. The van der Waals surface area contributed by atoms with Gasteiger partial charge in [0.1, 0.15) is 0 Å². The second-order valence-electron chi connectivity index (χ2n) is 5.20. The summed E-state index contributed by atoms with van der Waals surface area (Å²) in [5.74, 6) is 0. The first-order valence-corrected chi connectivity index (χ1v) is 8.29. The van der Waals surface area contributed by atoms with Crippen LogP contribution in [0.1, 0.15) is 65.2 Å². The van der Waals surface area contributed by atoms with Crippen LogP contribution in [-0.4, -0.2) is 69.3 Å². The maximum Gasteiger partial charge on any atom is 0.0770 e. The lowest BCUT2D eigenvalue weighted by molar-refractivity contribution is 0.0865. The third-order valence-corrected chi connectivity index (χ3v) is 2.71. The highest BCUT2D eigenvalue weighted by molar-refractivity contribution is 4.50. The number of hydrogen-bond donors (Lipinski definition) is 6. The van der Waals surface area contributed by atoms with Crippen molar-refractivity contribution in [1.29, 1.82) is 0 Å². The van der Waals surface area contributed by atoms with E-state index in [4.69, 9.17) is 30.6 Å². The van der Waals surface area contributed by atoms with Gasteiger partial charge < -0.3 is 30.6 Å². The highest BCUT2D eigenvalue weighted by atomic mass is 16.3. The van der Waals surface area contributed by atoms with Crippen molar-refractivity contribution < 1.29 is 30.6 Å². The van der Waals surface area contributed by atoms with Crippen LogP contribution in [0.15, 0.2) is 0 Å². The Morgan fingerprint density at radius 1 is 0.682 bits per heavy atom. The molecule has 0 radical (unpaired) electrons. The molecule has 0 spiro atoms. The molecule has 0 saturated carbocycles. The van der Waals surface area contributed by atoms with E-state index in [0.717, 1.165) is 44.9 Å². The number of unbranched alkanes of at least 4 members (excludes halogenated alkanes) is 4. The smallest absolute Gasteiger partial charge is 0.0770 e. The van der Waals surface area contributed by atoms with Crippen LogP contribution < -0.4 is 0 Å². The van der Waals surface area contributed by atoms with E-state index in [1.54, 1.807) is 6.92 Å². The van der Waals surface area contributed by atoms with Crippen LogP contribution in [0.4, 0.5) is 0 Å². The van der Waals surface area contributed by atoms with Crippen molar-refractivity contribution in [3.05, 3.63) is 0 Å². The monoisotopic (exact) mass is 326 g/mol. The molecule has 138 valence electrons. The highest BCUT2D eigenvalue weighted by Gasteiger charge is 1.97. The van der Waals surface area contributed by atoms with Crippen LogP contribution in [-0.2, 0) is 0 Å². The second kappa shape index (κ2) is 25.7. The molecule has 0 aliphatic heterocycles. The topological polar surface area (TPSA) is 121 Å². The minimum absolute atomic E-state index is 0.0810. The van der Waals surface area contributed by atoms with Gasteiger partial charge in [0.05, 0.1) is 18.8 Å². The first-order chi connectivity index (χ1) is 10.5. The molecule has 2 unspecified atom stereocenters. The Kier molecular flexibility index (Phi) is 31.1. The third-order valence-electron chi connectivity index (χ3n) is 2.71. The molecule has 0 saturated heterocycles. The zero-order chi connectivity index (χ0) is 17.6. The van der Waals surface area contributed by atoms with Gasteiger partial charge in [0.2, 0.25) is 0 Å². The predicted molar refractivity (Wildman–Crippen MR) is 88.6 cm³/mol. The van der Waals surface area contributed by atoms with Crippen LogP contribution in [0.3, 0.4) is 0 Å². The molecule has 0 rings (SSSR count). The largest absolute Gasteiger partial charge is 0.396 e. The lowest BCUT2D eigenvalue weighted by Crippen LogP contribution is -2.10. The summed E-state index contributed by atoms with van der Waals surface area (Å²) in [6.45, 7) is 4.26. The lowest BCUT2D eigenvalue weighted by Gasteiger charge is -2.02. The zero-order valence-electron chi connectivity index (χ0n) is 14.3. The molecule has 6 nitrogen and oxygen atoms in total. The number of aliphatic hydroxyl groups is 6. The third kappa shape index (κ3) is 36.7. The van der Waals surface area contributed by atoms with Crippen LogP contribution >= 0.6 is 0 Å². The Bertz CT molecular complexity index is 161. The summed E-state index contributed by atoms with van der Waals surface area (Å²) in [5, 5.41) is 50.1. The van der Waals surface area contributed by atoms with Gasteiger partial charge in [-0.05, 0) is 32.6 Å². The summed E-state index contributed by atoms with van der Waals surface area (Å²) in [5.41, 5.74) is 0. The van der Waals surface area contributed by atoms with Gasteiger partial charge in [0.25, 0.3) is 0 Å². The van der Waals surface area contributed by atoms with E-state index in [-0.39, 0.29) is 32.5 Å². The molecule has 0 aromatic heterocycles. The van der Waals surface area contributed by atoms with E-state index in [0.29, 0.717) is 6.42 Å². The number of hydrogen-bond acceptors (Lipinski definition) is 6. The van der Waals surface area contributed by atoms with Crippen molar-refractivity contribution in [2.24, 2.45) is 0 Å². The fraction of sp³-hybridized carbons (Fsp3) is 1.00. The first-order valence-electron chi connectivity index (χ1n) is 8.29. The molecule has 0 fully saturated rings. The van der Waals surface area contributed by atoms with Crippen molar-refractivity contribution >= 4 is 0 Å². The number of aliphatic hydroxyl groups excluding tert-OH is 6. The maximum atomic E-state index is 8.74. The van der Waals surface area contributed by atoms with Gasteiger partial charge in [0.15, 0.2) is 0 Å². The normalized spacial score (nSPS) is 12.5. The summed E-state index contributed by atoms with van der Waals surface area (Å²) in [6.07, 6.45) is 6.28. The quantitative estimate of drug-likeness (QED) is 0.313. The first kappa shape index (κ1) is 26.6. The summed E-state index contributed by atoms with van der Waals surface area (Å²) < 4.78 is 0. The van der Waals surface area contributed by atoms with E-state index in [2.05, 4.69) is 6.92 Å². The van der Waals surface area contributed by atoms with Gasteiger partial charge in [-0.15, -0.1) is 0 Å². The SMILES string of the molecule is CC(O)CCO.CCCCC(O)CO.OCCCCCCO. The molecule has 6 heteroatoms. The van der Waals surface area contributed by atoms with Gasteiger partial charge in [-0.2, -0.15) is 0 Å². The van der Waals surface area contributed by atoms with Gasteiger partial charge in [0, 0.05) is 19.8 Å². The molecule has 2 atom stereocenters. The molecule has 0 heterocycles. The van der Waals surface area contributed by atoms with Gasteiger partial charge in [-0.3, -0.25) is 0 Å². The predicted octanol–water partition coefficient (Wildman–Crippen LogP) is 0.811. The molecule has 0 amide bonds. The summed E-state index contributed by atoms with van der Waals surface area (Å²) in [6, 6.07) is 0. The average Bonchev–Trinajstić information content (AvgIpc) is 2.50. The van der Waals surface area contributed by atoms with Gasteiger partial charge >= 0.3 is 0 Å². The molecule has 0 aliphatic rings. The van der Waals surface area contributed by atoms with E-state index in [9.17, 15) is 0 Å². The number of rotatable bonds is 11. The standard InChI is InChI=1S/2C6H14O2.C4H10O2/c1-2-3-4-6(8)5-7;7-5-3-1-2-4-6-8;1-4(6)2-3-5/h6-8H,2-5H2,1H3;7-8H,1-6H2;4-6H,2-3H2,1H3. The maximum absolute atomic E-state index is 8.74. The van der Waals surface area contributed by atoms with Crippen LogP contribution in [0, 0.1) is 0 Å². The van der Waals surface area contributed by atoms with E-state index >= 15 is 0 Å². The van der Waals surface area contributed by atoms with E-state index in [1.165, 1.54) is 0 Å². The molecule has 0 aromatic rings. The minimum Gasteiger partial charge on any atom is -0.396 e.